The average molecular weight is 188 g/mol. The van der Waals surface area contributed by atoms with Crippen molar-refractivity contribution in [3.8, 4) is 5.88 Å². The third-order valence-electron chi connectivity index (χ3n) is 1.52. The number of aliphatic hydroxyl groups is 1. The van der Waals surface area contributed by atoms with Gasteiger partial charge in [-0.15, -0.1) is 0 Å². The molecule has 0 bridgehead atoms. The quantitative estimate of drug-likeness (QED) is 0.768. The van der Waals surface area contributed by atoms with Crippen LogP contribution >= 0.6 is 11.6 Å². The average Bonchev–Trinajstić information content (AvgIpc) is 2.05. The first kappa shape index (κ1) is 9.29. The van der Waals surface area contributed by atoms with Crippen LogP contribution < -0.4 is 4.74 Å². The van der Waals surface area contributed by atoms with Crippen LogP contribution in [0.15, 0.2) is 12.3 Å². The van der Waals surface area contributed by atoms with Gasteiger partial charge in [0.2, 0.25) is 5.88 Å². The highest BCUT2D eigenvalue weighted by Gasteiger charge is 2.08. The van der Waals surface area contributed by atoms with Gasteiger partial charge in [-0.05, 0) is 6.92 Å². The van der Waals surface area contributed by atoms with Gasteiger partial charge in [0.05, 0.1) is 18.2 Å². The molecule has 1 N–H and O–H groups in total. The van der Waals surface area contributed by atoms with Gasteiger partial charge in [-0.3, -0.25) is 0 Å². The van der Waals surface area contributed by atoms with Gasteiger partial charge >= 0.3 is 0 Å². The maximum absolute atomic E-state index is 9.26. The highest BCUT2D eigenvalue weighted by atomic mass is 35.5. The first-order valence-corrected chi connectivity index (χ1v) is 3.90. The van der Waals surface area contributed by atoms with Crippen molar-refractivity contribution in [3.05, 3.63) is 22.8 Å². The first-order chi connectivity index (χ1) is 5.65. The number of nitrogens with zero attached hydrogens (tertiary/aromatic N) is 1. The van der Waals surface area contributed by atoms with Crippen molar-refractivity contribution in [2.45, 2.75) is 13.0 Å². The molecule has 0 aliphatic carbocycles. The number of aromatic nitrogens is 1. The molecule has 4 heteroatoms. The van der Waals surface area contributed by atoms with Crippen molar-refractivity contribution in [2.75, 3.05) is 7.11 Å². The molecular formula is C8H10ClNO2. The summed E-state index contributed by atoms with van der Waals surface area (Å²) < 4.78 is 4.88. The van der Waals surface area contributed by atoms with Crippen LogP contribution in [0, 0.1) is 0 Å². The van der Waals surface area contributed by atoms with Crippen LogP contribution in [0.1, 0.15) is 18.6 Å². The van der Waals surface area contributed by atoms with Crippen molar-refractivity contribution in [3.63, 3.8) is 0 Å². The molecule has 0 aliphatic rings. The monoisotopic (exact) mass is 187 g/mol. The van der Waals surface area contributed by atoms with E-state index in [0.29, 0.717) is 16.5 Å². The van der Waals surface area contributed by atoms with Crippen molar-refractivity contribution in [1.29, 1.82) is 0 Å². The molecule has 1 aromatic heterocycles. The van der Waals surface area contributed by atoms with Crippen LogP contribution in [0.4, 0.5) is 0 Å². The number of halogens is 1. The zero-order chi connectivity index (χ0) is 9.14. The Labute approximate surface area is 76.0 Å². The van der Waals surface area contributed by atoms with Gasteiger partial charge in [0.1, 0.15) is 0 Å². The van der Waals surface area contributed by atoms with Crippen molar-refractivity contribution >= 4 is 11.6 Å². The van der Waals surface area contributed by atoms with E-state index in [1.807, 2.05) is 0 Å². The number of rotatable bonds is 2. The Morgan fingerprint density at radius 1 is 1.67 bits per heavy atom. The molecule has 0 radical (unpaired) electrons. The van der Waals surface area contributed by atoms with Crippen LogP contribution in [-0.4, -0.2) is 17.2 Å². The molecular weight excluding hydrogens is 178 g/mol. The van der Waals surface area contributed by atoms with Gasteiger partial charge < -0.3 is 9.84 Å². The summed E-state index contributed by atoms with van der Waals surface area (Å²) in [7, 11) is 1.52. The molecule has 12 heavy (non-hydrogen) atoms. The predicted octanol–water partition coefficient (Wildman–Crippen LogP) is 1.80. The Morgan fingerprint density at radius 2 is 2.33 bits per heavy atom. The van der Waals surface area contributed by atoms with Gasteiger partial charge in [-0.25, -0.2) is 4.98 Å². The Kier molecular flexibility index (Phi) is 2.89. The normalized spacial score (nSPS) is 12.7. The highest BCUT2D eigenvalue weighted by molar-refractivity contribution is 6.31. The largest absolute Gasteiger partial charge is 0.481 e. The minimum Gasteiger partial charge on any atom is -0.481 e. The number of hydrogen-bond acceptors (Lipinski definition) is 3. The minimum atomic E-state index is -0.602. The molecule has 3 nitrogen and oxygen atoms in total. The summed E-state index contributed by atoms with van der Waals surface area (Å²) in [4.78, 5) is 3.87. The van der Waals surface area contributed by atoms with E-state index in [1.54, 1.807) is 13.0 Å². The Bertz CT molecular complexity index is 276. The second-order valence-electron chi connectivity index (χ2n) is 2.42. The summed E-state index contributed by atoms with van der Waals surface area (Å²) in [6.45, 7) is 1.64. The Balaban J connectivity index is 3.08. The van der Waals surface area contributed by atoms with Crippen molar-refractivity contribution < 1.29 is 9.84 Å². The molecule has 0 fully saturated rings. The van der Waals surface area contributed by atoms with E-state index in [2.05, 4.69) is 4.98 Å². The molecule has 0 aliphatic heterocycles. The predicted molar refractivity (Wildman–Crippen MR) is 46.4 cm³/mol. The fraction of sp³-hybridized carbons (Fsp3) is 0.375. The SMILES string of the molecule is COc1cc(C(C)O)c(Cl)cn1. The Hall–Kier alpha value is -0.800. The summed E-state index contributed by atoms with van der Waals surface area (Å²) in [6, 6.07) is 1.62. The zero-order valence-electron chi connectivity index (χ0n) is 6.91. The van der Waals surface area contributed by atoms with Crippen LogP contribution in [0.25, 0.3) is 0 Å². The maximum atomic E-state index is 9.26. The lowest BCUT2D eigenvalue weighted by atomic mass is 10.2. The highest BCUT2D eigenvalue weighted by Crippen LogP contribution is 2.24. The lowest BCUT2D eigenvalue weighted by molar-refractivity contribution is 0.198. The summed E-state index contributed by atoms with van der Waals surface area (Å²) in [5.74, 6) is 0.454. The van der Waals surface area contributed by atoms with E-state index in [-0.39, 0.29) is 0 Å². The lowest BCUT2D eigenvalue weighted by Crippen LogP contribution is -1.95. The molecule has 0 spiro atoms. The molecule has 1 rings (SSSR count). The van der Waals surface area contributed by atoms with E-state index >= 15 is 0 Å². The Morgan fingerprint density at radius 3 is 2.83 bits per heavy atom. The third-order valence-corrected chi connectivity index (χ3v) is 1.83. The number of pyridine rings is 1. The molecule has 1 atom stereocenters. The molecule has 0 amide bonds. The van der Waals surface area contributed by atoms with Gasteiger partial charge in [-0.2, -0.15) is 0 Å². The molecule has 0 saturated heterocycles. The number of methoxy groups -OCH3 is 1. The van der Waals surface area contributed by atoms with Crippen LogP contribution in [0.2, 0.25) is 5.02 Å². The summed E-state index contributed by atoms with van der Waals surface area (Å²) >= 11 is 5.77. The fourth-order valence-electron chi connectivity index (χ4n) is 0.866. The molecule has 66 valence electrons. The van der Waals surface area contributed by atoms with Gasteiger partial charge in [0, 0.05) is 17.8 Å². The maximum Gasteiger partial charge on any atom is 0.213 e. The molecule has 1 heterocycles. The second kappa shape index (κ2) is 3.74. The third kappa shape index (κ3) is 1.87. The van der Waals surface area contributed by atoms with E-state index in [0.717, 1.165) is 0 Å². The zero-order valence-corrected chi connectivity index (χ0v) is 7.67. The topological polar surface area (TPSA) is 42.4 Å². The summed E-state index contributed by atoms with van der Waals surface area (Å²) in [6.07, 6.45) is 0.858. The van der Waals surface area contributed by atoms with Crippen LogP contribution in [0.5, 0.6) is 5.88 Å². The first-order valence-electron chi connectivity index (χ1n) is 3.52. The number of aliphatic hydroxyl groups excluding tert-OH is 1. The molecule has 1 unspecified atom stereocenters. The minimum absolute atomic E-state index is 0.450. The lowest BCUT2D eigenvalue weighted by Gasteiger charge is -2.07. The van der Waals surface area contributed by atoms with Crippen molar-refractivity contribution in [1.82, 2.24) is 4.98 Å². The smallest absolute Gasteiger partial charge is 0.213 e. The standard InChI is InChI=1S/C8H10ClNO2/c1-5(11)6-3-8(12-2)10-4-7(6)9/h3-5,11H,1-2H3. The van der Waals surface area contributed by atoms with E-state index in [4.69, 9.17) is 16.3 Å². The molecule has 0 saturated carbocycles. The summed E-state index contributed by atoms with van der Waals surface area (Å²) in [5.41, 5.74) is 0.628. The van der Waals surface area contributed by atoms with Crippen LogP contribution in [-0.2, 0) is 0 Å². The molecule has 0 aromatic carbocycles. The van der Waals surface area contributed by atoms with E-state index < -0.39 is 6.10 Å². The fourth-order valence-corrected chi connectivity index (χ4v) is 1.13. The number of ether oxygens (including phenoxy) is 1. The van der Waals surface area contributed by atoms with E-state index in [9.17, 15) is 5.11 Å². The number of hydrogen-bond donors (Lipinski definition) is 1. The van der Waals surface area contributed by atoms with Gasteiger partial charge in [0.15, 0.2) is 0 Å². The molecule has 1 aromatic rings. The second-order valence-corrected chi connectivity index (χ2v) is 2.83. The van der Waals surface area contributed by atoms with E-state index in [1.165, 1.54) is 13.3 Å². The van der Waals surface area contributed by atoms with Crippen molar-refractivity contribution in [2.24, 2.45) is 0 Å². The summed E-state index contributed by atoms with van der Waals surface area (Å²) in [5, 5.41) is 9.71. The van der Waals surface area contributed by atoms with Gasteiger partial charge in [0.25, 0.3) is 0 Å². The van der Waals surface area contributed by atoms with Crippen LogP contribution in [0.3, 0.4) is 0 Å². The van der Waals surface area contributed by atoms with Gasteiger partial charge in [-0.1, -0.05) is 11.6 Å².